The number of carbonyl (C=O) groups is 1. The Balaban J connectivity index is 1.24. The Labute approximate surface area is 170 Å². The maximum absolute atomic E-state index is 14.9. The summed E-state index contributed by atoms with van der Waals surface area (Å²) in [4.78, 5) is 15.7. The van der Waals surface area contributed by atoms with Crippen molar-refractivity contribution in [3.05, 3.63) is 42.2 Å². The lowest BCUT2D eigenvalue weighted by molar-refractivity contribution is 0.129. The molecular weight excluding hydrogens is 393 g/mol. The van der Waals surface area contributed by atoms with E-state index < -0.39 is 6.09 Å². The number of piperidine rings is 1. The van der Waals surface area contributed by atoms with Crippen molar-refractivity contribution in [1.29, 1.82) is 0 Å². The first-order valence-corrected chi connectivity index (χ1v) is 9.77. The number of rotatable bonds is 5. The zero-order valence-electron chi connectivity index (χ0n) is 16.1. The quantitative estimate of drug-likeness (QED) is 0.666. The molecule has 0 aliphatic carbocycles. The molecule has 0 saturated carbocycles. The van der Waals surface area contributed by atoms with Crippen molar-refractivity contribution < 1.29 is 13.9 Å². The van der Waals surface area contributed by atoms with Gasteiger partial charge in [0.1, 0.15) is 11.9 Å². The van der Waals surface area contributed by atoms with E-state index in [1.165, 1.54) is 11.0 Å². The van der Waals surface area contributed by atoms with Crippen molar-refractivity contribution in [2.45, 2.75) is 31.4 Å². The third-order valence-corrected chi connectivity index (χ3v) is 5.54. The van der Waals surface area contributed by atoms with Crippen molar-refractivity contribution in [3.8, 4) is 0 Å². The van der Waals surface area contributed by atoms with Crippen LogP contribution in [0.5, 0.6) is 0 Å². The molecule has 1 atom stereocenters. The van der Waals surface area contributed by atoms with Crippen molar-refractivity contribution in [1.82, 2.24) is 35.6 Å². The molecule has 2 aliphatic heterocycles. The predicted molar refractivity (Wildman–Crippen MR) is 102 cm³/mol. The summed E-state index contributed by atoms with van der Waals surface area (Å²) in [7, 11) is 0. The van der Waals surface area contributed by atoms with E-state index in [9.17, 15) is 9.18 Å². The summed E-state index contributed by atoms with van der Waals surface area (Å²) >= 11 is 0. The topological polar surface area (TPSA) is 118 Å². The molecule has 4 heterocycles. The van der Waals surface area contributed by atoms with Gasteiger partial charge in [-0.05, 0) is 31.0 Å². The molecule has 0 unspecified atom stereocenters. The van der Waals surface area contributed by atoms with E-state index in [-0.39, 0.29) is 17.8 Å². The zero-order valence-corrected chi connectivity index (χ0v) is 16.1. The van der Waals surface area contributed by atoms with Gasteiger partial charge in [-0.1, -0.05) is 10.4 Å². The molecule has 1 amide bonds. The van der Waals surface area contributed by atoms with E-state index in [0.29, 0.717) is 43.4 Å². The minimum absolute atomic E-state index is 0.226. The summed E-state index contributed by atoms with van der Waals surface area (Å²) < 4.78 is 21.9. The largest absolute Gasteiger partial charge is 0.442 e. The number of cyclic esters (lactones) is 1. The van der Waals surface area contributed by atoms with Crippen LogP contribution in [-0.4, -0.2) is 67.4 Å². The van der Waals surface area contributed by atoms with Crippen molar-refractivity contribution in [3.63, 3.8) is 0 Å². The number of halogens is 1. The third-order valence-electron chi connectivity index (χ3n) is 5.54. The molecule has 12 heteroatoms. The van der Waals surface area contributed by atoms with E-state index >= 15 is 0 Å². The Bertz CT molecular complexity index is 1000. The number of aromatic nitrogens is 7. The summed E-state index contributed by atoms with van der Waals surface area (Å²) in [6, 6.07) is 4.86. The summed E-state index contributed by atoms with van der Waals surface area (Å²) in [5.74, 6) is 0.570. The Morgan fingerprint density at radius 1 is 1.27 bits per heavy atom. The van der Waals surface area contributed by atoms with Crippen LogP contribution in [0.15, 0.2) is 30.6 Å². The van der Waals surface area contributed by atoms with Gasteiger partial charge in [0.15, 0.2) is 5.82 Å². The van der Waals surface area contributed by atoms with Crippen LogP contribution >= 0.6 is 0 Å². The number of hydrogen-bond acceptors (Lipinski definition) is 8. The van der Waals surface area contributed by atoms with Crippen LogP contribution in [0.2, 0.25) is 0 Å². The van der Waals surface area contributed by atoms with E-state index in [0.717, 1.165) is 12.8 Å². The first-order chi connectivity index (χ1) is 14.7. The molecule has 1 N–H and O–H groups in total. The molecule has 2 saturated heterocycles. The minimum Gasteiger partial charge on any atom is -0.442 e. The summed E-state index contributed by atoms with van der Waals surface area (Å²) in [6.45, 7) is 2.12. The lowest BCUT2D eigenvalue weighted by Gasteiger charge is -2.32. The van der Waals surface area contributed by atoms with Crippen LogP contribution < -0.4 is 9.80 Å². The molecule has 3 aromatic rings. The number of amides is 1. The fourth-order valence-corrected chi connectivity index (χ4v) is 4.01. The summed E-state index contributed by atoms with van der Waals surface area (Å²) in [6.07, 6.45) is 4.05. The fraction of sp³-hybridized carbons (Fsp3) is 0.444. The molecule has 1 aromatic carbocycles. The van der Waals surface area contributed by atoms with Crippen molar-refractivity contribution in [2.24, 2.45) is 0 Å². The van der Waals surface area contributed by atoms with Gasteiger partial charge in [0.25, 0.3) is 0 Å². The number of anilines is 2. The number of ether oxygens (including phenoxy) is 1. The Morgan fingerprint density at radius 2 is 2.13 bits per heavy atom. The van der Waals surface area contributed by atoms with E-state index in [4.69, 9.17) is 4.74 Å². The maximum Gasteiger partial charge on any atom is 0.414 e. The average Bonchev–Trinajstić information content (AvgIpc) is 3.51. The third kappa shape index (κ3) is 3.55. The highest BCUT2D eigenvalue weighted by Crippen LogP contribution is 2.32. The number of tetrazole rings is 1. The molecule has 11 nitrogen and oxygen atoms in total. The first kappa shape index (κ1) is 18.5. The number of nitrogens with zero attached hydrogens (tertiary/aromatic N) is 8. The van der Waals surface area contributed by atoms with Crippen LogP contribution in [-0.2, 0) is 11.3 Å². The highest BCUT2D eigenvalue weighted by Gasteiger charge is 2.33. The molecule has 0 radical (unpaired) electrons. The van der Waals surface area contributed by atoms with Gasteiger partial charge in [0, 0.05) is 25.2 Å². The highest BCUT2D eigenvalue weighted by atomic mass is 19.1. The van der Waals surface area contributed by atoms with Crippen LogP contribution in [0.4, 0.5) is 20.6 Å². The van der Waals surface area contributed by atoms with Gasteiger partial charge in [-0.3, -0.25) is 4.90 Å². The fourth-order valence-electron chi connectivity index (χ4n) is 4.01. The van der Waals surface area contributed by atoms with Gasteiger partial charge in [-0.2, -0.15) is 5.21 Å². The molecular formula is C18H20FN9O2. The molecule has 2 aliphatic rings. The average molecular weight is 413 g/mol. The standard InChI is InChI=1S/C18H20FN9O2/c19-15-9-13(28-11-14(30-18(28)29)10-27-8-5-20-25-27)1-2-16(15)26-6-3-12(4-7-26)17-21-23-24-22-17/h1-2,5,8-9,12,14H,3-4,6-7,10-11H2,(H,21,22,23,24)/t14-/m1/s1. The van der Waals surface area contributed by atoms with Crippen LogP contribution in [0.25, 0.3) is 0 Å². The highest BCUT2D eigenvalue weighted by molar-refractivity contribution is 5.90. The molecule has 0 bridgehead atoms. The second kappa shape index (κ2) is 7.69. The lowest BCUT2D eigenvalue weighted by Crippen LogP contribution is -2.34. The van der Waals surface area contributed by atoms with Gasteiger partial charge < -0.3 is 9.64 Å². The van der Waals surface area contributed by atoms with Gasteiger partial charge in [0.2, 0.25) is 0 Å². The predicted octanol–water partition coefficient (Wildman–Crippen LogP) is 1.34. The van der Waals surface area contributed by atoms with Crippen molar-refractivity contribution >= 4 is 17.5 Å². The SMILES string of the molecule is O=C1O[C@H](Cn2ccnn2)CN1c1ccc(N2CCC(c3nn[nH]n3)CC2)c(F)c1. The number of hydrogen-bond donors (Lipinski definition) is 1. The maximum atomic E-state index is 14.9. The second-order valence-corrected chi connectivity index (χ2v) is 7.41. The Hall–Kier alpha value is -3.57. The smallest absolute Gasteiger partial charge is 0.414 e. The van der Waals surface area contributed by atoms with Gasteiger partial charge in [-0.25, -0.2) is 13.9 Å². The second-order valence-electron chi connectivity index (χ2n) is 7.41. The first-order valence-electron chi connectivity index (χ1n) is 9.77. The van der Waals surface area contributed by atoms with Gasteiger partial charge >= 0.3 is 6.09 Å². The lowest BCUT2D eigenvalue weighted by atomic mass is 9.96. The van der Waals surface area contributed by atoms with Gasteiger partial charge in [0.05, 0.1) is 30.7 Å². The monoisotopic (exact) mass is 413 g/mol. The summed E-state index contributed by atoms with van der Waals surface area (Å²) in [5, 5.41) is 21.8. The number of aromatic amines is 1. The Kier molecular flexibility index (Phi) is 4.73. The zero-order chi connectivity index (χ0) is 20.5. The minimum atomic E-state index is -0.492. The molecule has 156 valence electrons. The molecule has 2 fully saturated rings. The molecule has 2 aromatic heterocycles. The number of carbonyl (C=O) groups excluding carboxylic acids is 1. The van der Waals surface area contributed by atoms with Crippen LogP contribution in [0.1, 0.15) is 24.6 Å². The summed E-state index contributed by atoms with van der Waals surface area (Å²) in [5.41, 5.74) is 1.00. The molecule has 30 heavy (non-hydrogen) atoms. The number of H-pyrrole nitrogens is 1. The Morgan fingerprint density at radius 3 is 2.83 bits per heavy atom. The number of benzene rings is 1. The van der Waals surface area contributed by atoms with Gasteiger partial charge in [-0.15, -0.1) is 15.3 Å². The molecule has 5 rings (SSSR count). The normalized spacial score (nSPS) is 20.0. The van der Waals surface area contributed by atoms with E-state index in [1.54, 1.807) is 29.2 Å². The van der Waals surface area contributed by atoms with Crippen LogP contribution in [0.3, 0.4) is 0 Å². The van der Waals surface area contributed by atoms with Crippen LogP contribution in [0, 0.1) is 5.82 Å². The van der Waals surface area contributed by atoms with E-state index in [2.05, 4.69) is 30.9 Å². The molecule has 0 spiro atoms. The van der Waals surface area contributed by atoms with E-state index in [1.807, 2.05) is 4.90 Å². The van der Waals surface area contributed by atoms with Crippen molar-refractivity contribution in [2.75, 3.05) is 29.4 Å². The number of nitrogens with one attached hydrogen (secondary N) is 1.